The van der Waals surface area contributed by atoms with Gasteiger partial charge in [-0.2, -0.15) is 0 Å². The van der Waals surface area contributed by atoms with Gasteiger partial charge >= 0.3 is 0 Å². The zero-order valence-electron chi connectivity index (χ0n) is 3.98. The van der Waals surface area contributed by atoms with Crippen LogP contribution in [0.5, 0.6) is 0 Å². The standard InChI is InChI=1S/C2H6.Br2O2S/c1-2;1-5(2,3)4/h1-2H3;. The van der Waals surface area contributed by atoms with Gasteiger partial charge in [-0.25, -0.2) is 8.42 Å². The first-order valence-electron chi connectivity index (χ1n) is 1.64. The molecule has 0 amide bonds. The van der Waals surface area contributed by atoms with Gasteiger partial charge in [-0.1, -0.05) is 13.8 Å². The van der Waals surface area contributed by atoms with Crippen LogP contribution in [-0.4, -0.2) is 8.42 Å². The fourth-order valence-corrected chi connectivity index (χ4v) is 0. The van der Waals surface area contributed by atoms with Crippen LogP contribution in [-0.2, 0) is 6.70 Å². The first-order valence-corrected chi connectivity index (χ1v) is 6.81. The van der Waals surface area contributed by atoms with E-state index in [2.05, 4.69) is 29.6 Å². The topological polar surface area (TPSA) is 34.1 Å². The zero-order valence-corrected chi connectivity index (χ0v) is 7.97. The van der Waals surface area contributed by atoms with Gasteiger partial charge in [0.2, 0.25) is 0 Å². The molecule has 0 saturated heterocycles. The van der Waals surface area contributed by atoms with E-state index in [0.717, 1.165) is 0 Å². The fourth-order valence-electron chi connectivity index (χ4n) is 0. The predicted molar refractivity (Wildman–Crippen MR) is 38.1 cm³/mol. The van der Waals surface area contributed by atoms with Crippen molar-refractivity contribution in [1.82, 2.24) is 0 Å². The molecule has 0 aliphatic rings. The summed E-state index contributed by atoms with van der Waals surface area (Å²) in [6.07, 6.45) is 0. The molecule has 0 aromatic carbocycles. The Hall–Kier alpha value is 0.910. The van der Waals surface area contributed by atoms with Crippen LogP contribution in [0.2, 0.25) is 0 Å². The van der Waals surface area contributed by atoms with E-state index in [0.29, 0.717) is 0 Å². The van der Waals surface area contributed by atoms with Crippen molar-refractivity contribution in [2.24, 2.45) is 0 Å². The maximum Gasteiger partial charge on any atom is 0.268 e. The highest BCUT2D eigenvalue weighted by atomic mass is 79.9. The molecule has 0 spiro atoms. The average Bonchev–Trinajstić information content (AvgIpc) is 1.36. The van der Waals surface area contributed by atoms with Crippen LogP contribution in [0.15, 0.2) is 0 Å². The summed E-state index contributed by atoms with van der Waals surface area (Å²) in [6, 6.07) is 0. The van der Waals surface area contributed by atoms with Crippen LogP contribution in [0.3, 0.4) is 0 Å². The lowest BCUT2D eigenvalue weighted by Gasteiger charge is -1.62. The second-order valence-electron chi connectivity index (χ2n) is 0.378. The zero-order chi connectivity index (χ0) is 6.50. The van der Waals surface area contributed by atoms with E-state index in [1.54, 1.807) is 0 Å². The summed E-state index contributed by atoms with van der Waals surface area (Å²) in [5.74, 6) is 0. The van der Waals surface area contributed by atoms with E-state index in [1.807, 2.05) is 13.8 Å². The number of rotatable bonds is 0. The van der Waals surface area contributed by atoms with E-state index < -0.39 is 6.70 Å². The predicted octanol–water partition coefficient (Wildman–Crippen LogP) is 2.05. The lowest BCUT2D eigenvalue weighted by atomic mass is 11.0. The van der Waals surface area contributed by atoms with Gasteiger partial charge < -0.3 is 0 Å². The highest BCUT2D eigenvalue weighted by molar-refractivity contribution is 9.79. The Morgan fingerprint density at radius 1 is 1.14 bits per heavy atom. The van der Waals surface area contributed by atoms with Gasteiger partial charge in [0.05, 0.1) is 29.6 Å². The molecule has 0 aliphatic carbocycles. The van der Waals surface area contributed by atoms with Crippen molar-refractivity contribution in [2.45, 2.75) is 13.8 Å². The molecule has 46 valence electrons. The van der Waals surface area contributed by atoms with Gasteiger partial charge in [0.25, 0.3) is 6.70 Å². The van der Waals surface area contributed by atoms with E-state index >= 15 is 0 Å². The van der Waals surface area contributed by atoms with E-state index in [9.17, 15) is 8.42 Å². The van der Waals surface area contributed by atoms with Gasteiger partial charge in [0.15, 0.2) is 0 Å². The smallest absolute Gasteiger partial charge is 0.205 e. The van der Waals surface area contributed by atoms with Gasteiger partial charge in [-0.3, -0.25) is 0 Å². The fraction of sp³-hybridized carbons (Fsp3) is 1.00. The second-order valence-corrected chi connectivity index (χ2v) is 8.86. The van der Waals surface area contributed by atoms with Gasteiger partial charge in [-0.05, 0) is 0 Å². The molecule has 0 bridgehead atoms. The molecule has 7 heavy (non-hydrogen) atoms. The summed E-state index contributed by atoms with van der Waals surface area (Å²) in [4.78, 5) is 0. The van der Waals surface area contributed by atoms with Crippen molar-refractivity contribution in [3.63, 3.8) is 0 Å². The van der Waals surface area contributed by atoms with Gasteiger partial charge in [-0.15, -0.1) is 0 Å². The van der Waals surface area contributed by atoms with Crippen molar-refractivity contribution < 1.29 is 8.42 Å². The van der Waals surface area contributed by atoms with Crippen LogP contribution >= 0.6 is 29.6 Å². The minimum Gasteiger partial charge on any atom is -0.205 e. The lowest BCUT2D eigenvalue weighted by molar-refractivity contribution is 0.625. The highest BCUT2D eigenvalue weighted by Gasteiger charge is 1.87. The summed E-state index contributed by atoms with van der Waals surface area (Å²) in [5, 5.41) is 0. The maximum absolute atomic E-state index is 9.47. The second kappa shape index (κ2) is 5.05. The largest absolute Gasteiger partial charge is 0.268 e. The SMILES string of the molecule is CC.O=S(=O)(Br)Br. The first kappa shape index (κ1) is 10.8. The molecule has 0 heterocycles. The van der Waals surface area contributed by atoms with Crippen molar-refractivity contribution in [2.75, 3.05) is 0 Å². The van der Waals surface area contributed by atoms with Crippen LogP contribution in [0.4, 0.5) is 0 Å². The molecule has 0 aromatic rings. The Balaban J connectivity index is 0. The summed E-state index contributed by atoms with van der Waals surface area (Å²) in [7, 11) is 0. The van der Waals surface area contributed by atoms with Crippen LogP contribution in [0.25, 0.3) is 0 Å². The highest BCUT2D eigenvalue weighted by Crippen LogP contribution is 2.06. The van der Waals surface area contributed by atoms with E-state index in [1.165, 1.54) is 0 Å². The molecule has 0 radical (unpaired) electrons. The minimum atomic E-state index is -3.04. The molecule has 0 N–H and O–H groups in total. The molecule has 0 saturated carbocycles. The van der Waals surface area contributed by atoms with Gasteiger partial charge in [0.1, 0.15) is 0 Å². The van der Waals surface area contributed by atoms with Crippen molar-refractivity contribution in [3.05, 3.63) is 0 Å². The van der Waals surface area contributed by atoms with Crippen molar-refractivity contribution in [3.8, 4) is 0 Å². The molecule has 5 heteroatoms. The Kier molecular flexibility index (Phi) is 7.81. The lowest BCUT2D eigenvalue weighted by Crippen LogP contribution is -1.60. The van der Waals surface area contributed by atoms with Crippen LogP contribution < -0.4 is 0 Å². The summed E-state index contributed by atoms with van der Waals surface area (Å²) < 4.78 is 18.9. The van der Waals surface area contributed by atoms with E-state index in [-0.39, 0.29) is 0 Å². The Morgan fingerprint density at radius 2 is 1.14 bits per heavy atom. The van der Waals surface area contributed by atoms with Gasteiger partial charge in [0, 0.05) is 0 Å². The molecular formula is C2H6Br2O2S. The minimum absolute atomic E-state index is 2.00. The summed E-state index contributed by atoms with van der Waals surface area (Å²) >= 11 is 4.53. The first-order chi connectivity index (χ1) is 3.00. The molecule has 0 aromatic heterocycles. The third-order valence-electron chi connectivity index (χ3n) is 0. The molecule has 0 unspecified atom stereocenters. The Morgan fingerprint density at radius 3 is 1.14 bits per heavy atom. The molecule has 0 fully saturated rings. The van der Waals surface area contributed by atoms with Crippen molar-refractivity contribution >= 4 is 36.3 Å². The van der Waals surface area contributed by atoms with Crippen molar-refractivity contribution in [1.29, 1.82) is 0 Å². The molecule has 0 rings (SSSR count). The normalized spacial score (nSPS) is 9.14. The number of halogens is 2. The van der Waals surface area contributed by atoms with Crippen LogP contribution in [0, 0.1) is 0 Å². The third-order valence-corrected chi connectivity index (χ3v) is 0. The maximum atomic E-state index is 9.47. The third kappa shape index (κ3) is 201. The molecule has 0 atom stereocenters. The van der Waals surface area contributed by atoms with Crippen LogP contribution in [0.1, 0.15) is 13.8 Å². The quantitative estimate of drug-likeness (QED) is 0.620. The summed E-state index contributed by atoms with van der Waals surface area (Å²) in [5.41, 5.74) is 0. The molecular weight excluding hydrogens is 248 g/mol. The Labute approximate surface area is 58.6 Å². The monoisotopic (exact) mass is 252 g/mol. The molecule has 2 nitrogen and oxygen atoms in total. The summed E-state index contributed by atoms with van der Waals surface area (Å²) in [6.45, 7) is 0.958. The Bertz CT molecular complexity index is 96.9. The average molecular weight is 254 g/mol. The number of hydrogen-bond donors (Lipinski definition) is 0. The number of hydrogen-bond acceptors (Lipinski definition) is 2. The van der Waals surface area contributed by atoms with E-state index in [4.69, 9.17) is 0 Å². The molecule has 0 aliphatic heterocycles.